The molecule has 0 aliphatic heterocycles. The molecule has 1 aromatic carbocycles. The van der Waals surface area contributed by atoms with E-state index in [-0.39, 0.29) is 11.5 Å². The molecule has 4 heteroatoms. The van der Waals surface area contributed by atoms with Crippen LogP contribution in [0.4, 0.5) is 8.78 Å². The zero-order valence-electron chi connectivity index (χ0n) is 8.41. The fourth-order valence-electron chi connectivity index (χ4n) is 1.66. The van der Waals surface area contributed by atoms with Crippen LogP contribution in [0.25, 0.3) is 5.57 Å². The van der Waals surface area contributed by atoms with Crippen molar-refractivity contribution < 1.29 is 18.7 Å². The Hall–Kier alpha value is -1.71. The Morgan fingerprint density at radius 1 is 1.38 bits per heavy atom. The Labute approximate surface area is 91.2 Å². The first-order chi connectivity index (χ1) is 7.58. The monoisotopic (exact) mass is 224 g/mol. The van der Waals surface area contributed by atoms with Gasteiger partial charge in [-0.3, -0.25) is 0 Å². The maximum absolute atomic E-state index is 13.5. The van der Waals surface area contributed by atoms with Gasteiger partial charge in [0, 0.05) is 11.6 Å². The summed E-state index contributed by atoms with van der Waals surface area (Å²) in [7, 11) is 0. The second-order valence-corrected chi connectivity index (χ2v) is 3.84. The SMILES string of the molecule is O=C(O)/C=C(/c1cc(F)ccc1F)C1CC1. The molecular formula is C12H10F2O2. The summed E-state index contributed by atoms with van der Waals surface area (Å²) in [5, 5.41) is 8.69. The molecule has 0 saturated heterocycles. The van der Waals surface area contributed by atoms with E-state index < -0.39 is 17.6 Å². The highest BCUT2D eigenvalue weighted by Gasteiger charge is 2.29. The molecule has 0 bridgehead atoms. The maximum Gasteiger partial charge on any atom is 0.328 e. The minimum atomic E-state index is -1.13. The highest BCUT2D eigenvalue weighted by Crippen LogP contribution is 2.42. The average Bonchev–Trinajstić information content (AvgIpc) is 3.02. The van der Waals surface area contributed by atoms with Gasteiger partial charge < -0.3 is 5.11 Å². The Balaban J connectivity index is 2.46. The van der Waals surface area contributed by atoms with Crippen LogP contribution in [-0.4, -0.2) is 11.1 Å². The van der Waals surface area contributed by atoms with Crippen LogP contribution in [-0.2, 0) is 4.79 Å². The van der Waals surface area contributed by atoms with Gasteiger partial charge in [-0.15, -0.1) is 0 Å². The normalized spacial score (nSPS) is 16.2. The first kappa shape index (κ1) is 10.8. The number of hydrogen-bond acceptors (Lipinski definition) is 1. The van der Waals surface area contributed by atoms with Crippen LogP contribution >= 0.6 is 0 Å². The molecule has 2 rings (SSSR count). The van der Waals surface area contributed by atoms with Crippen molar-refractivity contribution in [2.45, 2.75) is 12.8 Å². The van der Waals surface area contributed by atoms with Gasteiger partial charge in [0.1, 0.15) is 11.6 Å². The first-order valence-corrected chi connectivity index (χ1v) is 4.98. The molecule has 1 fully saturated rings. The van der Waals surface area contributed by atoms with E-state index in [4.69, 9.17) is 5.11 Å². The number of carboxylic acid groups (broad SMARTS) is 1. The molecule has 1 aromatic rings. The predicted molar refractivity (Wildman–Crippen MR) is 54.7 cm³/mol. The van der Waals surface area contributed by atoms with E-state index in [1.807, 2.05) is 0 Å². The van der Waals surface area contributed by atoms with Gasteiger partial charge in [0.15, 0.2) is 0 Å². The van der Waals surface area contributed by atoms with Crippen LogP contribution in [0.15, 0.2) is 24.3 Å². The third kappa shape index (κ3) is 2.27. The smallest absolute Gasteiger partial charge is 0.328 e. The molecule has 0 radical (unpaired) electrons. The van der Waals surface area contributed by atoms with Crippen molar-refractivity contribution >= 4 is 11.5 Å². The number of carboxylic acids is 1. The van der Waals surface area contributed by atoms with Crippen molar-refractivity contribution in [3.05, 3.63) is 41.5 Å². The predicted octanol–water partition coefficient (Wildman–Crippen LogP) is 2.84. The molecule has 2 nitrogen and oxygen atoms in total. The number of rotatable bonds is 3. The van der Waals surface area contributed by atoms with Gasteiger partial charge in [-0.25, -0.2) is 13.6 Å². The molecule has 1 N–H and O–H groups in total. The van der Waals surface area contributed by atoms with Gasteiger partial charge in [-0.1, -0.05) is 0 Å². The molecule has 1 aliphatic rings. The van der Waals surface area contributed by atoms with E-state index in [0.29, 0.717) is 5.57 Å². The van der Waals surface area contributed by atoms with E-state index in [9.17, 15) is 13.6 Å². The lowest BCUT2D eigenvalue weighted by molar-refractivity contribution is -0.131. The fraction of sp³-hybridized carbons (Fsp3) is 0.250. The fourth-order valence-corrected chi connectivity index (χ4v) is 1.66. The molecule has 0 unspecified atom stereocenters. The lowest BCUT2D eigenvalue weighted by atomic mass is 10.0. The molecule has 0 amide bonds. The van der Waals surface area contributed by atoms with Crippen molar-refractivity contribution in [2.75, 3.05) is 0 Å². The summed E-state index contributed by atoms with van der Waals surface area (Å²) in [4.78, 5) is 10.6. The number of halogens is 2. The van der Waals surface area contributed by atoms with E-state index >= 15 is 0 Å². The summed E-state index contributed by atoms with van der Waals surface area (Å²) in [6.07, 6.45) is 2.62. The van der Waals surface area contributed by atoms with Crippen LogP contribution in [0.5, 0.6) is 0 Å². The Bertz CT molecular complexity index is 462. The minimum absolute atomic E-state index is 0.0485. The number of hydrogen-bond donors (Lipinski definition) is 1. The number of benzene rings is 1. The Morgan fingerprint density at radius 3 is 2.62 bits per heavy atom. The molecule has 0 spiro atoms. The lowest BCUT2D eigenvalue weighted by Gasteiger charge is -2.06. The molecule has 16 heavy (non-hydrogen) atoms. The molecule has 1 aliphatic carbocycles. The topological polar surface area (TPSA) is 37.3 Å². The van der Waals surface area contributed by atoms with E-state index in [1.165, 1.54) is 0 Å². The first-order valence-electron chi connectivity index (χ1n) is 4.98. The largest absolute Gasteiger partial charge is 0.478 e. The summed E-state index contributed by atoms with van der Waals surface area (Å²) in [5.41, 5.74) is 0.439. The van der Waals surface area contributed by atoms with Crippen molar-refractivity contribution in [1.82, 2.24) is 0 Å². The molecule has 0 heterocycles. The van der Waals surface area contributed by atoms with Crippen LogP contribution in [0.1, 0.15) is 18.4 Å². The second-order valence-electron chi connectivity index (χ2n) is 3.84. The maximum atomic E-state index is 13.5. The van der Waals surface area contributed by atoms with Crippen molar-refractivity contribution in [3.63, 3.8) is 0 Å². The van der Waals surface area contributed by atoms with E-state index in [0.717, 1.165) is 37.1 Å². The third-order valence-corrected chi connectivity index (χ3v) is 2.54. The van der Waals surface area contributed by atoms with Crippen LogP contribution in [0.3, 0.4) is 0 Å². The molecule has 1 saturated carbocycles. The molecular weight excluding hydrogens is 214 g/mol. The van der Waals surface area contributed by atoms with Gasteiger partial charge in [0.2, 0.25) is 0 Å². The third-order valence-electron chi connectivity index (χ3n) is 2.54. The van der Waals surface area contributed by atoms with Crippen molar-refractivity contribution in [2.24, 2.45) is 5.92 Å². The van der Waals surface area contributed by atoms with Crippen LogP contribution in [0.2, 0.25) is 0 Å². The van der Waals surface area contributed by atoms with Crippen LogP contribution < -0.4 is 0 Å². The zero-order valence-corrected chi connectivity index (χ0v) is 8.41. The Kier molecular flexibility index (Phi) is 2.73. The number of carbonyl (C=O) groups is 1. The summed E-state index contributed by atoms with van der Waals surface area (Å²) in [6.45, 7) is 0. The molecule has 0 aromatic heterocycles. The molecule has 84 valence electrons. The highest BCUT2D eigenvalue weighted by molar-refractivity contribution is 5.91. The zero-order chi connectivity index (χ0) is 11.7. The second kappa shape index (κ2) is 4.04. The summed E-state index contributed by atoms with van der Waals surface area (Å²) >= 11 is 0. The minimum Gasteiger partial charge on any atom is -0.478 e. The standard InChI is InChI=1S/C12H10F2O2/c13-8-3-4-11(14)10(5-8)9(6-12(15)16)7-1-2-7/h3-7H,1-2H2,(H,15,16)/b9-6+. The van der Waals surface area contributed by atoms with E-state index in [1.54, 1.807) is 0 Å². The van der Waals surface area contributed by atoms with E-state index in [2.05, 4.69) is 0 Å². The lowest BCUT2D eigenvalue weighted by Crippen LogP contribution is -1.98. The highest BCUT2D eigenvalue weighted by atomic mass is 19.1. The van der Waals surface area contributed by atoms with Gasteiger partial charge in [-0.2, -0.15) is 0 Å². The van der Waals surface area contributed by atoms with Crippen molar-refractivity contribution in [3.8, 4) is 0 Å². The number of allylic oxidation sites excluding steroid dienone is 1. The average molecular weight is 224 g/mol. The molecule has 0 atom stereocenters. The summed E-state index contributed by atoms with van der Waals surface area (Å²) < 4.78 is 26.4. The Morgan fingerprint density at radius 2 is 2.06 bits per heavy atom. The van der Waals surface area contributed by atoms with Gasteiger partial charge in [0.25, 0.3) is 0 Å². The van der Waals surface area contributed by atoms with Crippen LogP contribution in [0, 0.1) is 17.6 Å². The summed E-state index contributed by atoms with van der Waals surface area (Å²) in [5.74, 6) is -2.23. The summed E-state index contributed by atoms with van der Waals surface area (Å²) in [6, 6.07) is 3.08. The van der Waals surface area contributed by atoms with Gasteiger partial charge in [0.05, 0.1) is 0 Å². The quantitative estimate of drug-likeness (QED) is 0.801. The van der Waals surface area contributed by atoms with Crippen molar-refractivity contribution in [1.29, 1.82) is 0 Å². The van der Waals surface area contributed by atoms with Gasteiger partial charge in [-0.05, 0) is 42.5 Å². The number of aliphatic carboxylic acids is 1. The van der Waals surface area contributed by atoms with Gasteiger partial charge >= 0.3 is 5.97 Å².